The van der Waals surface area contributed by atoms with E-state index in [0.717, 1.165) is 12.2 Å². The van der Waals surface area contributed by atoms with Crippen LogP contribution in [-0.4, -0.2) is 5.75 Å². The molecule has 1 aromatic heterocycles. The van der Waals surface area contributed by atoms with Crippen LogP contribution in [0.4, 0.5) is 5.69 Å². The Morgan fingerprint density at radius 3 is 3.09 bits per heavy atom. The second-order valence-electron chi connectivity index (χ2n) is 2.34. The largest absolute Gasteiger partial charge is 1.00 e. The number of thioether (sulfide) groups is 1. The van der Waals surface area contributed by atoms with Crippen molar-refractivity contribution in [1.82, 2.24) is 0 Å². The Hall–Kier alpha value is -0.410. The SMILES string of the molecule is Nc1ccc2[n+](c1)CCS2.[Cl-]. The van der Waals surface area contributed by atoms with Gasteiger partial charge in [-0.05, 0) is 6.07 Å². The highest BCUT2D eigenvalue weighted by molar-refractivity contribution is 7.99. The van der Waals surface area contributed by atoms with E-state index in [0.29, 0.717) is 0 Å². The van der Waals surface area contributed by atoms with E-state index in [1.54, 1.807) is 0 Å². The van der Waals surface area contributed by atoms with Gasteiger partial charge in [-0.1, -0.05) is 11.8 Å². The van der Waals surface area contributed by atoms with Gasteiger partial charge in [0.15, 0.2) is 12.7 Å². The maximum atomic E-state index is 5.60. The average Bonchev–Trinajstić information content (AvgIpc) is 2.33. The number of hydrogen-bond acceptors (Lipinski definition) is 2. The molecular weight excluding hydrogens is 180 g/mol. The molecule has 11 heavy (non-hydrogen) atoms. The molecule has 0 saturated heterocycles. The van der Waals surface area contributed by atoms with Crippen LogP contribution in [0.1, 0.15) is 0 Å². The van der Waals surface area contributed by atoms with Crippen molar-refractivity contribution >= 4 is 17.4 Å². The second kappa shape index (κ2) is 3.32. The highest BCUT2D eigenvalue weighted by atomic mass is 35.5. The molecule has 0 aromatic carbocycles. The molecule has 2 heterocycles. The van der Waals surface area contributed by atoms with Gasteiger partial charge in [-0.3, -0.25) is 0 Å². The number of fused-ring (bicyclic) bond motifs is 1. The molecule has 4 heteroatoms. The number of halogens is 1. The molecule has 0 unspecified atom stereocenters. The first-order chi connectivity index (χ1) is 4.86. The van der Waals surface area contributed by atoms with Crippen LogP contribution in [0, 0.1) is 0 Å². The number of rotatable bonds is 0. The van der Waals surface area contributed by atoms with Crippen molar-refractivity contribution in [3.63, 3.8) is 0 Å². The first-order valence-corrected chi connectivity index (χ1v) is 4.26. The topological polar surface area (TPSA) is 29.9 Å². The number of hydrogen-bond donors (Lipinski definition) is 1. The lowest BCUT2D eigenvalue weighted by atomic mass is 10.4. The summed E-state index contributed by atoms with van der Waals surface area (Å²) in [6, 6.07) is 4.02. The quantitative estimate of drug-likeness (QED) is 0.463. The van der Waals surface area contributed by atoms with E-state index in [-0.39, 0.29) is 12.4 Å². The summed E-state index contributed by atoms with van der Waals surface area (Å²) in [7, 11) is 0. The molecule has 0 bridgehead atoms. The number of nitrogen functional groups attached to an aromatic ring is 1. The molecule has 2 nitrogen and oxygen atoms in total. The van der Waals surface area contributed by atoms with Gasteiger partial charge in [-0.2, -0.15) is 4.57 Å². The van der Waals surface area contributed by atoms with Gasteiger partial charge in [0.25, 0.3) is 0 Å². The highest BCUT2D eigenvalue weighted by Crippen LogP contribution is 2.18. The number of aryl methyl sites for hydroxylation is 1. The van der Waals surface area contributed by atoms with Crippen LogP contribution >= 0.6 is 11.8 Å². The van der Waals surface area contributed by atoms with Gasteiger partial charge >= 0.3 is 0 Å². The van der Waals surface area contributed by atoms with E-state index in [9.17, 15) is 0 Å². The maximum Gasteiger partial charge on any atom is 0.240 e. The minimum absolute atomic E-state index is 0. The summed E-state index contributed by atoms with van der Waals surface area (Å²) in [4.78, 5) is 0. The van der Waals surface area contributed by atoms with Crippen molar-refractivity contribution in [3.8, 4) is 0 Å². The Balaban J connectivity index is 0.000000605. The fraction of sp³-hybridized carbons (Fsp3) is 0.286. The number of pyridine rings is 1. The molecule has 2 N–H and O–H groups in total. The smallest absolute Gasteiger partial charge is 0.240 e. The molecule has 0 amide bonds. The van der Waals surface area contributed by atoms with Gasteiger partial charge in [0.05, 0.1) is 11.4 Å². The summed E-state index contributed by atoms with van der Waals surface area (Å²) in [5.41, 5.74) is 6.45. The molecule has 60 valence electrons. The third kappa shape index (κ3) is 1.60. The van der Waals surface area contributed by atoms with E-state index in [2.05, 4.69) is 10.6 Å². The van der Waals surface area contributed by atoms with Crippen LogP contribution in [0.25, 0.3) is 0 Å². The monoisotopic (exact) mass is 188 g/mol. The Morgan fingerprint density at radius 1 is 1.45 bits per heavy atom. The molecule has 0 fully saturated rings. The van der Waals surface area contributed by atoms with Gasteiger partial charge < -0.3 is 18.1 Å². The van der Waals surface area contributed by atoms with E-state index < -0.39 is 0 Å². The van der Waals surface area contributed by atoms with Crippen molar-refractivity contribution in [2.75, 3.05) is 11.5 Å². The van der Waals surface area contributed by atoms with Crippen molar-refractivity contribution in [1.29, 1.82) is 0 Å². The number of nitrogens with zero attached hydrogens (tertiary/aromatic N) is 1. The molecule has 1 aliphatic rings. The van der Waals surface area contributed by atoms with E-state index >= 15 is 0 Å². The number of aromatic nitrogens is 1. The van der Waals surface area contributed by atoms with Crippen molar-refractivity contribution in [2.45, 2.75) is 11.6 Å². The highest BCUT2D eigenvalue weighted by Gasteiger charge is 2.18. The molecule has 2 rings (SSSR count). The summed E-state index contributed by atoms with van der Waals surface area (Å²) >= 11 is 1.88. The lowest BCUT2D eigenvalue weighted by Gasteiger charge is -1.91. The van der Waals surface area contributed by atoms with E-state index in [1.807, 2.05) is 24.0 Å². The molecule has 0 spiro atoms. The fourth-order valence-electron chi connectivity index (χ4n) is 1.10. The number of nitrogens with two attached hydrogens (primary N) is 1. The van der Waals surface area contributed by atoms with Crippen LogP contribution in [0.15, 0.2) is 23.4 Å². The van der Waals surface area contributed by atoms with Gasteiger partial charge in [-0.15, -0.1) is 0 Å². The van der Waals surface area contributed by atoms with Crippen molar-refractivity contribution < 1.29 is 17.0 Å². The van der Waals surface area contributed by atoms with Crippen LogP contribution in [0.2, 0.25) is 0 Å². The summed E-state index contributed by atoms with van der Waals surface area (Å²) < 4.78 is 2.19. The minimum Gasteiger partial charge on any atom is -1.00 e. The molecule has 0 atom stereocenters. The zero-order valence-electron chi connectivity index (χ0n) is 5.96. The third-order valence-electron chi connectivity index (χ3n) is 1.59. The molecule has 1 aliphatic heterocycles. The average molecular weight is 189 g/mol. The summed E-state index contributed by atoms with van der Waals surface area (Å²) in [5.74, 6) is 1.18. The van der Waals surface area contributed by atoms with Gasteiger partial charge in [0.2, 0.25) is 5.03 Å². The predicted molar refractivity (Wildman–Crippen MR) is 41.8 cm³/mol. The predicted octanol–water partition coefficient (Wildman–Crippen LogP) is -2.33. The zero-order valence-corrected chi connectivity index (χ0v) is 7.53. The minimum atomic E-state index is 0. The zero-order chi connectivity index (χ0) is 6.97. The molecule has 1 aromatic rings. The fourth-order valence-corrected chi connectivity index (χ4v) is 2.08. The van der Waals surface area contributed by atoms with Gasteiger partial charge in [-0.25, -0.2) is 0 Å². The lowest BCUT2D eigenvalue weighted by molar-refractivity contribution is -0.722. The summed E-state index contributed by atoms with van der Waals surface area (Å²) in [6.45, 7) is 1.10. The number of anilines is 1. The second-order valence-corrected chi connectivity index (χ2v) is 3.46. The van der Waals surface area contributed by atoms with Crippen LogP contribution in [0.3, 0.4) is 0 Å². The van der Waals surface area contributed by atoms with Crippen molar-refractivity contribution in [3.05, 3.63) is 18.3 Å². The normalized spacial score (nSPS) is 13.8. The third-order valence-corrected chi connectivity index (χ3v) is 2.64. The molecule has 0 saturated carbocycles. The molecular formula is C7H9ClN2S. The first kappa shape index (κ1) is 8.68. The Labute approximate surface area is 76.2 Å². The maximum absolute atomic E-state index is 5.60. The van der Waals surface area contributed by atoms with Crippen LogP contribution < -0.4 is 22.7 Å². The Morgan fingerprint density at radius 2 is 2.27 bits per heavy atom. The van der Waals surface area contributed by atoms with E-state index in [4.69, 9.17) is 5.73 Å². The van der Waals surface area contributed by atoms with Crippen LogP contribution in [-0.2, 0) is 6.54 Å². The lowest BCUT2D eigenvalue weighted by Crippen LogP contribution is -3.00. The Kier molecular flexibility index (Phi) is 2.62. The molecule has 0 aliphatic carbocycles. The van der Waals surface area contributed by atoms with Gasteiger partial charge in [0, 0.05) is 6.07 Å². The summed E-state index contributed by atoms with van der Waals surface area (Å²) in [6.07, 6.45) is 2.00. The molecule has 0 radical (unpaired) electrons. The summed E-state index contributed by atoms with van der Waals surface area (Å²) in [5, 5.41) is 1.33. The van der Waals surface area contributed by atoms with Crippen LogP contribution in [0.5, 0.6) is 0 Å². The van der Waals surface area contributed by atoms with Crippen molar-refractivity contribution in [2.24, 2.45) is 0 Å². The standard InChI is InChI=1S/C7H9N2S.ClH/c8-6-1-2-7-9(5-6)3-4-10-7;/h1-2,5H,3-4,8H2;1H/q+1;/p-1. The van der Waals surface area contributed by atoms with E-state index in [1.165, 1.54) is 10.8 Å². The van der Waals surface area contributed by atoms with Gasteiger partial charge in [0.1, 0.15) is 0 Å². The first-order valence-electron chi connectivity index (χ1n) is 3.28. The Bertz CT molecular complexity index is 265.